The molecule has 0 radical (unpaired) electrons. The lowest BCUT2D eigenvalue weighted by molar-refractivity contribution is 0.700. The Balaban J connectivity index is 2.18. The van der Waals surface area contributed by atoms with Gasteiger partial charge in [0.15, 0.2) is 5.65 Å². The third-order valence-electron chi connectivity index (χ3n) is 3.63. The molecule has 0 aliphatic heterocycles. The van der Waals surface area contributed by atoms with Crippen molar-refractivity contribution < 1.29 is 0 Å². The van der Waals surface area contributed by atoms with Crippen LogP contribution in [-0.4, -0.2) is 19.6 Å². The van der Waals surface area contributed by atoms with E-state index in [9.17, 15) is 0 Å². The van der Waals surface area contributed by atoms with Gasteiger partial charge in [-0.2, -0.15) is 4.52 Å². The summed E-state index contributed by atoms with van der Waals surface area (Å²) in [5.74, 6) is 6.82. The topological polar surface area (TPSA) is 81.1 Å². The minimum Gasteiger partial charge on any atom is -0.292 e. The highest BCUT2D eigenvalue weighted by Crippen LogP contribution is 2.37. The van der Waals surface area contributed by atoms with Gasteiger partial charge in [0.25, 0.3) is 0 Å². The fraction of sp³-hybridized carbons (Fsp3) is 0.417. The quantitative estimate of drug-likeness (QED) is 0.522. The molecule has 3 aromatic rings. The van der Waals surface area contributed by atoms with Gasteiger partial charge in [-0.05, 0) is 38.2 Å². The van der Waals surface area contributed by atoms with Crippen LogP contribution in [0.4, 0.5) is 5.95 Å². The van der Waals surface area contributed by atoms with Crippen molar-refractivity contribution in [3.8, 4) is 0 Å². The molecule has 0 atom stereocenters. The van der Waals surface area contributed by atoms with Gasteiger partial charge in [-0.15, -0.1) is 16.4 Å². The molecule has 0 bridgehead atoms. The van der Waals surface area contributed by atoms with Gasteiger partial charge in [0.1, 0.15) is 10.7 Å². The molecule has 0 fully saturated rings. The number of nitrogens with two attached hydrogens (primary N) is 1. The number of hydrogen-bond acceptors (Lipinski definition) is 6. The average Bonchev–Trinajstić information content (AvgIpc) is 2.96. The minimum absolute atomic E-state index is 0.543. The van der Waals surface area contributed by atoms with Crippen molar-refractivity contribution in [2.75, 3.05) is 5.43 Å². The Labute approximate surface area is 113 Å². The number of anilines is 1. The maximum Gasteiger partial charge on any atom is 0.241 e. The van der Waals surface area contributed by atoms with E-state index in [1.807, 2.05) is 6.92 Å². The second kappa shape index (κ2) is 3.88. The number of hydrazine groups is 1. The normalized spacial score (nSPS) is 15.1. The van der Waals surface area contributed by atoms with Crippen LogP contribution in [0.5, 0.6) is 0 Å². The van der Waals surface area contributed by atoms with Gasteiger partial charge in [0.05, 0.1) is 5.39 Å². The number of aryl methyl sites for hydroxylation is 3. The van der Waals surface area contributed by atoms with E-state index in [0.717, 1.165) is 29.1 Å². The van der Waals surface area contributed by atoms with E-state index in [0.29, 0.717) is 5.95 Å². The maximum atomic E-state index is 5.54. The first-order valence-corrected chi connectivity index (χ1v) is 7.24. The molecule has 3 aromatic heterocycles. The van der Waals surface area contributed by atoms with Gasteiger partial charge in [0.2, 0.25) is 5.95 Å². The second-order valence-corrected chi connectivity index (χ2v) is 5.95. The number of rotatable bonds is 1. The number of hydrogen-bond donors (Lipinski definition) is 2. The van der Waals surface area contributed by atoms with Gasteiger partial charge >= 0.3 is 0 Å². The van der Waals surface area contributed by atoms with E-state index in [-0.39, 0.29) is 0 Å². The van der Waals surface area contributed by atoms with Gasteiger partial charge in [-0.1, -0.05) is 0 Å². The molecule has 0 unspecified atom stereocenters. The Hall–Kier alpha value is -1.73. The Bertz CT molecular complexity index is 787. The summed E-state index contributed by atoms with van der Waals surface area (Å²) < 4.78 is 1.71. The standard InChI is InChI=1S/C12H14N6S/c1-6-14-10-9-7-4-2-3-5-8(7)19-11(9)15-12(16-13)18(10)17-6/h2-5,13H2,1H3,(H,15,16). The lowest BCUT2D eigenvalue weighted by Crippen LogP contribution is -2.13. The number of nitrogens with one attached hydrogen (secondary N) is 1. The molecule has 19 heavy (non-hydrogen) atoms. The molecule has 1 aliphatic carbocycles. The summed E-state index contributed by atoms with van der Waals surface area (Å²) in [7, 11) is 0. The molecule has 0 saturated heterocycles. The van der Waals surface area contributed by atoms with Crippen molar-refractivity contribution in [3.63, 3.8) is 0 Å². The van der Waals surface area contributed by atoms with Crippen LogP contribution in [0.1, 0.15) is 29.1 Å². The van der Waals surface area contributed by atoms with Gasteiger partial charge in [0, 0.05) is 4.88 Å². The number of aromatic nitrogens is 4. The molecule has 4 rings (SSSR count). The van der Waals surface area contributed by atoms with Crippen molar-refractivity contribution >= 4 is 33.1 Å². The van der Waals surface area contributed by atoms with Crippen LogP contribution in [0.3, 0.4) is 0 Å². The largest absolute Gasteiger partial charge is 0.292 e. The average molecular weight is 274 g/mol. The Morgan fingerprint density at radius 3 is 2.95 bits per heavy atom. The summed E-state index contributed by atoms with van der Waals surface area (Å²) in [6.45, 7) is 1.89. The monoisotopic (exact) mass is 274 g/mol. The fourth-order valence-electron chi connectivity index (χ4n) is 2.82. The molecule has 0 aromatic carbocycles. The number of nitrogen functional groups attached to an aromatic ring is 1. The lowest BCUT2D eigenvalue weighted by Gasteiger charge is -2.10. The van der Waals surface area contributed by atoms with Crippen molar-refractivity contribution in [2.45, 2.75) is 32.6 Å². The molecule has 7 heteroatoms. The summed E-state index contributed by atoms with van der Waals surface area (Å²) in [5.41, 5.74) is 4.90. The van der Waals surface area contributed by atoms with Crippen LogP contribution in [-0.2, 0) is 12.8 Å². The summed E-state index contributed by atoms with van der Waals surface area (Å²) >= 11 is 1.77. The van der Waals surface area contributed by atoms with E-state index >= 15 is 0 Å². The first kappa shape index (κ1) is 11.1. The molecule has 0 spiro atoms. The predicted molar refractivity (Wildman–Crippen MR) is 75.4 cm³/mol. The smallest absolute Gasteiger partial charge is 0.241 e. The van der Waals surface area contributed by atoms with Gasteiger partial charge in [-0.25, -0.2) is 15.8 Å². The molecular weight excluding hydrogens is 260 g/mol. The molecule has 6 nitrogen and oxygen atoms in total. The first-order chi connectivity index (χ1) is 9.28. The van der Waals surface area contributed by atoms with E-state index in [4.69, 9.17) is 5.84 Å². The highest BCUT2D eigenvalue weighted by molar-refractivity contribution is 7.19. The Morgan fingerprint density at radius 2 is 2.11 bits per heavy atom. The van der Waals surface area contributed by atoms with Gasteiger partial charge in [-0.3, -0.25) is 5.43 Å². The third-order valence-corrected chi connectivity index (χ3v) is 4.81. The SMILES string of the molecule is Cc1nc2c3c4c(sc3nc(NN)n2n1)CCCC4. The predicted octanol–water partition coefficient (Wildman–Crippen LogP) is 1.81. The summed E-state index contributed by atoms with van der Waals surface area (Å²) in [5, 5.41) is 5.53. The van der Waals surface area contributed by atoms with Gasteiger partial charge < -0.3 is 0 Å². The summed E-state index contributed by atoms with van der Waals surface area (Å²) in [4.78, 5) is 11.6. The molecule has 3 heterocycles. The Morgan fingerprint density at radius 1 is 1.26 bits per heavy atom. The van der Waals surface area contributed by atoms with Crippen molar-refractivity contribution in [1.29, 1.82) is 0 Å². The first-order valence-electron chi connectivity index (χ1n) is 6.42. The molecule has 0 amide bonds. The van der Waals surface area contributed by atoms with Crippen molar-refractivity contribution in [1.82, 2.24) is 19.6 Å². The Kier molecular flexibility index (Phi) is 2.27. The van der Waals surface area contributed by atoms with Crippen molar-refractivity contribution in [2.24, 2.45) is 5.84 Å². The highest BCUT2D eigenvalue weighted by Gasteiger charge is 2.21. The highest BCUT2D eigenvalue weighted by atomic mass is 32.1. The zero-order valence-corrected chi connectivity index (χ0v) is 11.4. The number of thiophene rings is 1. The van der Waals surface area contributed by atoms with E-state index in [1.54, 1.807) is 15.9 Å². The molecular formula is C12H14N6S. The van der Waals surface area contributed by atoms with E-state index in [1.165, 1.54) is 28.7 Å². The zero-order valence-electron chi connectivity index (χ0n) is 10.6. The molecule has 98 valence electrons. The van der Waals surface area contributed by atoms with Crippen LogP contribution in [0.2, 0.25) is 0 Å². The fourth-order valence-corrected chi connectivity index (χ4v) is 4.08. The van der Waals surface area contributed by atoms with E-state index in [2.05, 4.69) is 20.5 Å². The molecule has 0 saturated carbocycles. The summed E-state index contributed by atoms with van der Waals surface area (Å²) in [6.07, 6.45) is 4.79. The van der Waals surface area contributed by atoms with E-state index < -0.39 is 0 Å². The van der Waals surface area contributed by atoms with Crippen LogP contribution >= 0.6 is 11.3 Å². The van der Waals surface area contributed by atoms with Crippen LogP contribution < -0.4 is 11.3 Å². The molecule has 3 N–H and O–H groups in total. The second-order valence-electron chi connectivity index (χ2n) is 4.87. The van der Waals surface area contributed by atoms with Crippen LogP contribution in [0.15, 0.2) is 0 Å². The maximum absolute atomic E-state index is 5.54. The molecule has 1 aliphatic rings. The van der Waals surface area contributed by atoms with Crippen LogP contribution in [0.25, 0.3) is 15.9 Å². The lowest BCUT2D eigenvalue weighted by atomic mass is 9.97. The number of nitrogens with zero attached hydrogens (tertiary/aromatic N) is 4. The van der Waals surface area contributed by atoms with Crippen LogP contribution in [0, 0.1) is 6.92 Å². The number of fused-ring (bicyclic) bond motifs is 5. The zero-order chi connectivity index (χ0) is 13.0. The summed E-state index contributed by atoms with van der Waals surface area (Å²) in [6, 6.07) is 0. The van der Waals surface area contributed by atoms with Crippen molar-refractivity contribution in [3.05, 3.63) is 16.3 Å². The minimum atomic E-state index is 0.543. The third kappa shape index (κ3) is 1.48.